The third kappa shape index (κ3) is 2.99. The van der Waals surface area contributed by atoms with Gasteiger partial charge < -0.3 is 10.3 Å². The van der Waals surface area contributed by atoms with Crippen molar-refractivity contribution in [3.63, 3.8) is 0 Å². The number of fused-ring (bicyclic) bond motifs is 1. The van der Waals surface area contributed by atoms with Crippen LogP contribution in [0.25, 0.3) is 10.9 Å². The van der Waals surface area contributed by atoms with Gasteiger partial charge in [-0.1, -0.05) is 29.0 Å². The van der Waals surface area contributed by atoms with Crippen molar-refractivity contribution in [2.24, 2.45) is 16.1 Å². The highest BCUT2D eigenvalue weighted by atomic mass is 15.3. The normalized spacial score (nSPS) is 11.8. The summed E-state index contributed by atoms with van der Waals surface area (Å²) < 4.78 is 2.22. The van der Waals surface area contributed by atoms with Gasteiger partial charge >= 0.3 is 0 Å². The molecular formula is C18H19N5. The third-order valence-corrected chi connectivity index (χ3v) is 4.06. The number of hydrogen-bond donors (Lipinski definition) is 2. The van der Waals surface area contributed by atoms with Gasteiger partial charge in [-0.3, -0.25) is 0 Å². The molecule has 0 saturated carbocycles. The van der Waals surface area contributed by atoms with Crippen LogP contribution in [0.4, 0.5) is 0 Å². The Hall–Kier alpha value is -2.95. The van der Waals surface area contributed by atoms with E-state index in [9.17, 15) is 0 Å². The van der Waals surface area contributed by atoms with Crippen LogP contribution in [0.2, 0.25) is 0 Å². The first kappa shape index (κ1) is 15.0. The maximum absolute atomic E-state index is 6.76. The van der Waals surface area contributed by atoms with E-state index in [1.54, 1.807) is 0 Å². The highest BCUT2D eigenvalue weighted by Gasteiger charge is 2.06. The molecule has 0 unspecified atom stereocenters. The molecule has 0 saturated heterocycles. The Morgan fingerprint density at radius 1 is 1.13 bits per heavy atom. The van der Waals surface area contributed by atoms with Crippen LogP contribution in [-0.4, -0.2) is 10.4 Å². The Balaban J connectivity index is 1.97. The van der Waals surface area contributed by atoms with Gasteiger partial charge in [-0.15, -0.1) is 5.10 Å². The quantitative estimate of drug-likeness (QED) is 0.325. The Kier molecular flexibility index (Phi) is 3.93. The van der Waals surface area contributed by atoms with Crippen LogP contribution in [-0.2, 0) is 6.54 Å². The molecule has 0 bridgehead atoms. The minimum Gasteiger partial charge on any atom is -0.382 e. The molecule has 0 spiro atoms. The fourth-order valence-electron chi connectivity index (χ4n) is 2.82. The Bertz CT molecular complexity index is 905. The summed E-state index contributed by atoms with van der Waals surface area (Å²) in [5.41, 5.74) is 18.4. The second kappa shape index (κ2) is 6.04. The van der Waals surface area contributed by atoms with Gasteiger partial charge in [0.25, 0.3) is 0 Å². The number of aryl methyl sites for hydroxylation is 2. The van der Waals surface area contributed by atoms with Gasteiger partial charge in [-0.05, 0) is 49.2 Å². The predicted octanol–water partition coefficient (Wildman–Crippen LogP) is 3.96. The lowest BCUT2D eigenvalue weighted by atomic mass is 10.1. The first-order valence-electron chi connectivity index (χ1n) is 7.44. The number of amidine groups is 1. The fraction of sp³-hybridized carbons (Fsp3) is 0.167. The molecule has 23 heavy (non-hydrogen) atoms. The lowest BCUT2D eigenvalue weighted by molar-refractivity contribution is 0.830. The van der Waals surface area contributed by atoms with E-state index in [2.05, 4.69) is 59.2 Å². The molecule has 5 nitrogen and oxygen atoms in total. The van der Waals surface area contributed by atoms with E-state index in [1.165, 1.54) is 16.7 Å². The summed E-state index contributed by atoms with van der Waals surface area (Å²) in [4.78, 5) is 0. The summed E-state index contributed by atoms with van der Waals surface area (Å²) >= 11 is 0. The number of nitrogens with two attached hydrogens (primary N) is 1. The van der Waals surface area contributed by atoms with E-state index in [0.29, 0.717) is 0 Å². The molecule has 1 heterocycles. The van der Waals surface area contributed by atoms with Crippen molar-refractivity contribution in [2.45, 2.75) is 20.4 Å². The molecule has 0 aliphatic heterocycles. The minimum atomic E-state index is 0.254. The van der Waals surface area contributed by atoms with E-state index >= 15 is 0 Å². The number of nitrogens with zero attached hydrogens (tertiary/aromatic N) is 3. The number of aromatic nitrogens is 1. The number of nitrogens with one attached hydrogen (secondary N) is 1. The SMILES string of the molecule is Cc1ccc(Cn2ccc3cc(C(N)=NN=N)ccc32)c(C)c1. The molecule has 0 amide bonds. The molecule has 1 aromatic heterocycles. The average Bonchev–Trinajstić information content (AvgIpc) is 2.92. The monoisotopic (exact) mass is 305 g/mol. The zero-order chi connectivity index (χ0) is 16.4. The molecule has 3 N–H and O–H groups in total. The van der Waals surface area contributed by atoms with Crippen molar-refractivity contribution in [1.82, 2.24) is 4.57 Å². The van der Waals surface area contributed by atoms with Crippen molar-refractivity contribution in [3.8, 4) is 0 Å². The largest absolute Gasteiger partial charge is 0.382 e. The molecule has 0 radical (unpaired) electrons. The lowest BCUT2D eigenvalue weighted by Gasteiger charge is -2.10. The van der Waals surface area contributed by atoms with Gasteiger partial charge in [-0.2, -0.15) is 5.53 Å². The van der Waals surface area contributed by atoms with Gasteiger partial charge in [-0.25, -0.2) is 0 Å². The van der Waals surface area contributed by atoms with Crippen molar-refractivity contribution >= 4 is 16.7 Å². The minimum absolute atomic E-state index is 0.254. The third-order valence-electron chi connectivity index (χ3n) is 4.06. The molecule has 0 atom stereocenters. The van der Waals surface area contributed by atoms with Gasteiger partial charge in [0, 0.05) is 29.2 Å². The van der Waals surface area contributed by atoms with Crippen LogP contribution in [0.3, 0.4) is 0 Å². The van der Waals surface area contributed by atoms with Crippen LogP contribution in [0.5, 0.6) is 0 Å². The van der Waals surface area contributed by atoms with Gasteiger partial charge in [0.15, 0.2) is 5.84 Å². The average molecular weight is 305 g/mol. The zero-order valence-corrected chi connectivity index (χ0v) is 13.2. The van der Waals surface area contributed by atoms with Crippen LogP contribution in [0.15, 0.2) is 59.0 Å². The summed E-state index contributed by atoms with van der Waals surface area (Å²) in [6.07, 6.45) is 2.08. The molecule has 3 aromatic rings. The first-order valence-corrected chi connectivity index (χ1v) is 7.44. The fourth-order valence-corrected chi connectivity index (χ4v) is 2.82. The maximum atomic E-state index is 6.76. The molecular weight excluding hydrogens is 286 g/mol. The van der Waals surface area contributed by atoms with Crippen molar-refractivity contribution < 1.29 is 0 Å². The smallest absolute Gasteiger partial charge is 0.155 e. The molecule has 3 rings (SSSR count). The maximum Gasteiger partial charge on any atom is 0.155 e. The second-order valence-electron chi connectivity index (χ2n) is 5.73. The lowest BCUT2D eigenvalue weighted by Crippen LogP contribution is -2.12. The number of rotatable bonds is 4. The highest BCUT2D eigenvalue weighted by Crippen LogP contribution is 2.20. The number of hydrogen-bond acceptors (Lipinski definition) is 2. The molecule has 0 aliphatic rings. The summed E-state index contributed by atoms with van der Waals surface area (Å²) in [7, 11) is 0. The summed E-state index contributed by atoms with van der Waals surface area (Å²) in [5.74, 6) is 0.254. The zero-order valence-electron chi connectivity index (χ0n) is 13.2. The second-order valence-corrected chi connectivity index (χ2v) is 5.73. The van der Waals surface area contributed by atoms with Gasteiger partial charge in [0.1, 0.15) is 0 Å². The Morgan fingerprint density at radius 2 is 1.96 bits per heavy atom. The van der Waals surface area contributed by atoms with Crippen LogP contribution < -0.4 is 5.73 Å². The molecule has 5 heteroatoms. The Morgan fingerprint density at radius 3 is 2.70 bits per heavy atom. The molecule has 2 aromatic carbocycles. The predicted molar refractivity (Wildman–Crippen MR) is 92.8 cm³/mol. The summed E-state index contributed by atoms with van der Waals surface area (Å²) in [6.45, 7) is 5.09. The van der Waals surface area contributed by atoms with E-state index in [-0.39, 0.29) is 5.84 Å². The van der Waals surface area contributed by atoms with Crippen LogP contribution in [0.1, 0.15) is 22.3 Å². The van der Waals surface area contributed by atoms with Crippen LogP contribution >= 0.6 is 0 Å². The van der Waals surface area contributed by atoms with Crippen LogP contribution in [0, 0.1) is 19.4 Å². The molecule has 0 fully saturated rings. The van der Waals surface area contributed by atoms with Gasteiger partial charge in [0.2, 0.25) is 0 Å². The summed E-state index contributed by atoms with van der Waals surface area (Å²) in [5, 5.41) is 7.65. The van der Waals surface area contributed by atoms with E-state index in [1.807, 2.05) is 18.2 Å². The molecule has 0 aliphatic carbocycles. The summed E-state index contributed by atoms with van der Waals surface area (Å²) in [6, 6.07) is 14.5. The van der Waals surface area contributed by atoms with Crippen molar-refractivity contribution in [3.05, 3.63) is 70.9 Å². The number of benzene rings is 2. The van der Waals surface area contributed by atoms with Gasteiger partial charge in [0.05, 0.1) is 0 Å². The van der Waals surface area contributed by atoms with E-state index < -0.39 is 0 Å². The standard InChI is InChI=1S/C18H19N5/c1-12-3-4-16(13(2)9-12)11-23-8-7-14-10-15(5-6-17(14)23)18(19)21-22-20/h3-10H,11H2,1-2H3,(H3,19,20,21). The van der Waals surface area contributed by atoms with E-state index in [4.69, 9.17) is 11.3 Å². The topological polar surface area (TPSA) is 79.5 Å². The van der Waals surface area contributed by atoms with Crippen molar-refractivity contribution in [1.29, 1.82) is 5.53 Å². The van der Waals surface area contributed by atoms with E-state index in [0.717, 1.165) is 23.0 Å². The van der Waals surface area contributed by atoms with Crippen molar-refractivity contribution in [2.75, 3.05) is 0 Å². The molecule has 116 valence electrons. The first-order chi connectivity index (χ1) is 11.1. The Labute approximate surface area is 134 Å². The highest BCUT2D eigenvalue weighted by molar-refractivity contribution is 6.00.